The minimum atomic E-state index is -0.400. The fraction of sp³-hybridized carbons (Fsp3) is 0.375. The van der Waals surface area contributed by atoms with Crippen molar-refractivity contribution in [3.8, 4) is 5.75 Å². The van der Waals surface area contributed by atoms with E-state index in [-0.39, 0.29) is 5.82 Å². The number of hydrogen-bond donors (Lipinski definition) is 1. The normalized spacial score (nSPS) is 9.58. The topological polar surface area (TPSA) is 34.1 Å². The number of halogens is 1. The van der Waals surface area contributed by atoms with Crippen molar-refractivity contribution in [3.63, 3.8) is 0 Å². The van der Waals surface area contributed by atoms with Gasteiger partial charge in [-0.1, -0.05) is 0 Å². The molecule has 1 aromatic rings. The van der Waals surface area contributed by atoms with Gasteiger partial charge in [0.2, 0.25) is 0 Å². The van der Waals surface area contributed by atoms with Crippen molar-refractivity contribution in [3.05, 3.63) is 18.1 Å². The highest BCUT2D eigenvalue weighted by molar-refractivity contribution is 5.38. The molecule has 1 heterocycles. The number of pyridine rings is 1. The molecule has 0 aliphatic rings. The van der Waals surface area contributed by atoms with E-state index in [2.05, 4.69) is 10.3 Å². The van der Waals surface area contributed by atoms with Crippen molar-refractivity contribution < 1.29 is 9.13 Å². The summed E-state index contributed by atoms with van der Waals surface area (Å²) in [6.07, 6.45) is 1.48. The van der Waals surface area contributed by atoms with Gasteiger partial charge in [-0.3, -0.25) is 0 Å². The van der Waals surface area contributed by atoms with Crippen LogP contribution in [0.3, 0.4) is 0 Å². The Bertz CT molecular complexity index is 265. The molecule has 4 heteroatoms. The number of rotatable bonds is 3. The van der Waals surface area contributed by atoms with E-state index in [9.17, 15) is 4.39 Å². The molecule has 0 aromatic carbocycles. The Morgan fingerprint density at radius 2 is 2.42 bits per heavy atom. The summed E-state index contributed by atoms with van der Waals surface area (Å²) < 4.78 is 18.0. The molecule has 0 saturated heterocycles. The van der Waals surface area contributed by atoms with Crippen LogP contribution < -0.4 is 10.1 Å². The molecular weight excluding hydrogens is 159 g/mol. The molecule has 1 N–H and O–H groups in total. The summed E-state index contributed by atoms with van der Waals surface area (Å²) in [6, 6.07) is 1.31. The number of aromatic nitrogens is 1. The first-order chi connectivity index (χ1) is 5.77. The minimum Gasteiger partial charge on any atom is -0.492 e. The molecule has 0 radical (unpaired) electrons. The Hall–Kier alpha value is -1.32. The molecular formula is C8H11FN2O. The zero-order valence-corrected chi connectivity index (χ0v) is 7.10. The molecule has 0 spiro atoms. The van der Waals surface area contributed by atoms with E-state index < -0.39 is 5.82 Å². The highest BCUT2D eigenvalue weighted by Gasteiger charge is 2.02. The molecule has 0 unspecified atom stereocenters. The van der Waals surface area contributed by atoms with Crippen LogP contribution in [0.4, 0.5) is 10.2 Å². The van der Waals surface area contributed by atoms with Crippen molar-refractivity contribution in [1.29, 1.82) is 0 Å². The molecule has 3 nitrogen and oxygen atoms in total. The molecule has 0 amide bonds. The summed E-state index contributed by atoms with van der Waals surface area (Å²) in [7, 11) is 1.62. The van der Waals surface area contributed by atoms with Crippen LogP contribution >= 0.6 is 0 Å². The molecule has 1 rings (SSSR count). The van der Waals surface area contributed by atoms with Crippen LogP contribution in [0.1, 0.15) is 6.92 Å². The van der Waals surface area contributed by atoms with Gasteiger partial charge in [0.15, 0.2) is 11.6 Å². The fourth-order valence-corrected chi connectivity index (χ4v) is 0.850. The van der Waals surface area contributed by atoms with Gasteiger partial charge in [0.1, 0.15) is 5.75 Å². The van der Waals surface area contributed by atoms with Crippen molar-refractivity contribution in [1.82, 2.24) is 4.98 Å². The Balaban J connectivity index is 2.86. The molecule has 0 fully saturated rings. The molecule has 0 aliphatic heterocycles. The number of nitrogens with zero attached hydrogens (tertiary/aromatic N) is 1. The first kappa shape index (κ1) is 8.77. The Labute approximate surface area is 70.6 Å². The standard InChI is InChI=1S/C8H11FN2O/c1-3-12-6-4-7(9)8(10-2)11-5-6/h4-5H,3H2,1-2H3,(H,10,11). The predicted octanol–water partition coefficient (Wildman–Crippen LogP) is 1.66. The van der Waals surface area contributed by atoms with Crippen molar-refractivity contribution in [2.75, 3.05) is 19.0 Å². The molecule has 1 aromatic heterocycles. The number of anilines is 1. The molecule has 0 atom stereocenters. The number of nitrogens with one attached hydrogen (secondary N) is 1. The average molecular weight is 170 g/mol. The Morgan fingerprint density at radius 3 is 2.92 bits per heavy atom. The lowest BCUT2D eigenvalue weighted by Gasteiger charge is -2.04. The van der Waals surface area contributed by atoms with Crippen molar-refractivity contribution in [2.45, 2.75) is 6.92 Å². The number of hydrogen-bond acceptors (Lipinski definition) is 3. The van der Waals surface area contributed by atoms with Gasteiger partial charge in [-0.05, 0) is 6.92 Å². The third kappa shape index (κ3) is 1.84. The maximum Gasteiger partial charge on any atom is 0.169 e. The summed E-state index contributed by atoms with van der Waals surface area (Å²) in [5.41, 5.74) is 0. The lowest BCUT2D eigenvalue weighted by Crippen LogP contribution is -1.98. The molecule has 12 heavy (non-hydrogen) atoms. The van der Waals surface area contributed by atoms with Gasteiger partial charge in [0, 0.05) is 13.1 Å². The van der Waals surface area contributed by atoms with Crippen LogP contribution in [0.15, 0.2) is 12.3 Å². The summed E-state index contributed by atoms with van der Waals surface area (Å²) in [5, 5.41) is 2.62. The minimum absolute atomic E-state index is 0.235. The van der Waals surface area contributed by atoms with Gasteiger partial charge >= 0.3 is 0 Å². The summed E-state index contributed by atoms with van der Waals surface area (Å²) >= 11 is 0. The predicted molar refractivity (Wildman–Crippen MR) is 44.9 cm³/mol. The molecule has 66 valence electrons. The second-order valence-electron chi connectivity index (χ2n) is 2.18. The van der Waals surface area contributed by atoms with Crippen LogP contribution in [0.25, 0.3) is 0 Å². The van der Waals surface area contributed by atoms with Crippen molar-refractivity contribution >= 4 is 5.82 Å². The molecule has 0 aliphatic carbocycles. The molecule has 0 saturated carbocycles. The lowest BCUT2D eigenvalue weighted by molar-refractivity contribution is 0.337. The van der Waals surface area contributed by atoms with E-state index in [0.717, 1.165) is 0 Å². The summed E-state index contributed by atoms with van der Waals surface area (Å²) in [5.74, 6) is 0.288. The molecule has 0 bridgehead atoms. The first-order valence-electron chi connectivity index (χ1n) is 3.74. The third-order valence-corrected chi connectivity index (χ3v) is 1.36. The maximum atomic E-state index is 13.0. The van der Waals surface area contributed by atoms with Crippen LogP contribution in [0, 0.1) is 5.82 Å². The number of ether oxygens (including phenoxy) is 1. The van der Waals surface area contributed by atoms with Gasteiger partial charge in [0.05, 0.1) is 12.8 Å². The van der Waals surface area contributed by atoms with E-state index in [0.29, 0.717) is 12.4 Å². The fourth-order valence-electron chi connectivity index (χ4n) is 0.850. The SMILES string of the molecule is CCOc1cnc(NC)c(F)c1. The Morgan fingerprint density at radius 1 is 1.67 bits per heavy atom. The quantitative estimate of drug-likeness (QED) is 0.749. The second kappa shape index (κ2) is 3.90. The monoisotopic (exact) mass is 170 g/mol. The van der Waals surface area contributed by atoms with E-state index in [1.165, 1.54) is 12.3 Å². The van der Waals surface area contributed by atoms with Crippen LogP contribution in [0.5, 0.6) is 5.75 Å². The van der Waals surface area contributed by atoms with Crippen LogP contribution in [-0.2, 0) is 0 Å². The third-order valence-electron chi connectivity index (χ3n) is 1.36. The maximum absolute atomic E-state index is 13.0. The van der Waals surface area contributed by atoms with Gasteiger partial charge in [-0.2, -0.15) is 0 Å². The van der Waals surface area contributed by atoms with Crippen molar-refractivity contribution in [2.24, 2.45) is 0 Å². The van der Waals surface area contributed by atoms with Crippen LogP contribution in [0.2, 0.25) is 0 Å². The second-order valence-corrected chi connectivity index (χ2v) is 2.18. The van der Waals surface area contributed by atoms with E-state index >= 15 is 0 Å². The highest BCUT2D eigenvalue weighted by Crippen LogP contribution is 2.16. The van der Waals surface area contributed by atoms with Gasteiger partial charge in [0.25, 0.3) is 0 Å². The van der Waals surface area contributed by atoms with Crippen LogP contribution in [-0.4, -0.2) is 18.6 Å². The largest absolute Gasteiger partial charge is 0.492 e. The smallest absolute Gasteiger partial charge is 0.169 e. The van der Waals surface area contributed by atoms with Gasteiger partial charge < -0.3 is 10.1 Å². The first-order valence-corrected chi connectivity index (χ1v) is 3.74. The zero-order valence-electron chi connectivity index (χ0n) is 7.10. The van der Waals surface area contributed by atoms with Gasteiger partial charge in [-0.25, -0.2) is 9.37 Å². The Kier molecular flexibility index (Phi) is 2.85. The van der Waals surface area contributed by atoms with E-state index in [1.807, 2.05) is 6.92 Å². The van der Waals surface area contributed by atoms with E-state index in [4.69, 9.17) is 4.74 Å². The summed E-state index contributed by atoms with van der Waals surface area (Å²) in [6.45, 7) is 2.35. The average Bonchev–Trinajstić information content (AvgIpc) is 2.05. The lowest BCUT2D eigenvalue weighted by atomic mass is 10.4. The van der Waals surface area contributed by atoms with E-state index in [1.54, 1.807) is 7.05 Å². The van der Waals surface area contributed by atoms with Gasteiger partial charge in [-0.15, -0.1) is 0 Å². The summed E-state index contributed by atoms with van der Waals surface area (Å²) in [4.78, 5) is 3.80. The zero-order chi connectivity index (χ0) is 8.97. The highest BCUT2D eigenvalue weighted by atomic mass is 19.1.